The van der Waals surface area contributed by atoms with Gasteiger partial charge in [0.2, 0.25) is 0 Å². The smallest absolute Gasteiger partial charge is 0.0590 e. The van der Waals surface area contributed by atoms with Crippen LogP contribution in [0.5, 0.6) is 0 Å². The highest BCUT2D eigenvalue weighted by Gasteiger charge is 2.10. The summed E-state index contributed by atoms with van der Waals surface area (Å²) in [6, 6.07) is 37.0. The molecule has 0 radical (unpaired) electrons. The Morgan fingerprint density at radius 3 is 1.32 bits per heavy atom. The highest BCUT2D eigenvalue weighted by Crippen LogP contribution is 2.27. The molecule has 5 heteroatoms. The van der Waals surface area contributed by atoms with Gasteiger partial charge in [0.15, 0.2) is 0 Å². The number of anilines is 4. The largest absolute Gasteiger partial charge is 0.337 e. The maximum Gasteiger partial charge on any atom is 0.0590 e. The van der Waals surface area contributed by atoms with Gasteiger partial charge < -0.3 is 4.90 Å². The van der Waals surface area contributed by atoms with Gasteiger partial charge in [0, 0.05) is 32.0 Å². The minimum Gasteiger partial charge on any atom is -0.337 e. The van der Waals surface area contributed by atoms with E-state index in [1.165, 1.54) is 0 Å². The number of hydrazone groups is 2. The topological polar surface area (TPSA) is 34.4 Å². The zero-order valence-electron chi connectivity index (χ0n) is 21.7. The standard InChI is InChI=1S/C32H33N5/c1-26(2)25-37(31-19-15-27(16-20-31)23-33-35(3)29-11-7-5-8-12-29)32-21-17-28(18-22-32)24-34-36(4)30-13-9-6-10-14-30/h5-24H,1,25H2,2-4H3/b33-23+,34-24+. The van der Waals surface area contributed by atoms with Gasteiger partial charge in [-0.25, -0.2) is 0 Å². The Morgan fingerprint density at radius 1 is 0.595 bits per heavy atom. The first-order valence-corrected chi connectivity index (χ1v) is 12.3. The molecular formula is C32H33N5. The maximum atomic E-state index is 4.57. The molecule has 4 rings (SSSR count). The lowest BCUT2D eigenvalue weighted by Gasteiger charge is -2.25. The quantitative estimate of drug-likeness (QED) is 0.133. The normalized spacial score (nSPS) is 11.1. The van der Waals surface area contributed by atoms with E-state index in [1.807, 2.05) is 104 Å². The second-order valence-corrected chi connectivity index (χ2v) is 8.93. The minimum atomic E-state index is 0.731. The number of hydrogen-bond donors (Lipinski definition) is 0. The minimum absolute atomic E-state index is 0.731. The monoisotopic (exact) mass is 487 g/mol. The number of para-hydroxylation sites is 2. The van der Waals surface area contributed by atoms with E-state index < -0.39 is 0 Å². The van der Waals surface area contributed by atoms with E-state index >= 15 is 0 Å². The van der Waals surface area contributed by atoms with Gasteiger partial charge in [-0.05, 0) is 66.6 Å². The van der Waals surface area contributed by atoms with Crippen molar-refractivity contribution in [2.45, 2.75) is 6.92 Å². The average Bonchev–Trinajstić information content (AvgIpc) is 2.95. The molecule has 0 heterocycles. The maximum absolute atomic E-state index is 4.57. The van der Waals surface area contributed by atoms with Gasteiger partial charge in [-0.15, -0.1) is 0 Å². The predicted octanol–water partition coefficient (Wildman–Crippen LogP) is 7.34. The first-order valence-electron chi connectivity index (χ1n) is 12.3. The third kappa shape index (κ3) is 7.18. The number of benzene rings is 4. The van der Waals surface area contributed by atoms with Gasteiger partial charge in [0.25, 0.3) is 0 Å². The van der Waals surface area contributed by atoms with Crippen LogP contribution in [0, 0.1) is 0 Å². The molecular weight excluding hydrogens is 454 g/mol. The fourth-order valence-corrected chi connectivity index (χ4v) is 3.81. The Balaban J connectivity index is 1.46. The summed E-state index contributed by atoms with van der Waals surface area (Å²) in [5.41, 5.74) is 7.45. The van der Waals surface area contributed by atoms with Crippen LogP contribution in [-0.4, -0.2) is 33.1 Å². The summed E-state index contributed by atoms with van der Waals surface area (Å²) in [4.78, 5) is 2.26. The van der Waals surface area contributed by atoms with Crippen molar-refractivity contribution in [1.29, 1.82) is 0 Å². The highest BCUT2D eigenvalue weighted by atomic mass is 15.4. The molecule has 186 valence electrons. The van der Waals surface area contributed by atoms with Crippen LogP contribution in [0.2, 0.25) is 0 Å². The van der Waals surface area contributed by atoms with Crippen LogP contribution < -0.4 is 14.9 Å². The second-order valence-electron chi connectivity index (χ2n) is 8.93. The van der Waals surface area contributed by atoms with Crippen LogP contribution in [0.4, 0.5) is 22.7 Å². The summed E-state index contributed by atoms with van der Waals surface area (Å²) in [6.45, 7) is 6.92. The van der Waals surface area contributed by atoms with Crippen molar-refractivity contribution in [2.75, 3.05) is 35.6 Å². The van der Waals surface area contributed by atoms with Crippen LogP contribution in [0.15, 0.2) is 132 Å². The van der Waals surface area contributed by atoms with Crippen molar-refractivity contribution in [3.63, 3.8) is 0 Å². The van der Waals surface area contributed by atoms with E-state index in [-0.39, 0.29) is 0 Å². The molecule has 5 nitrogen and oxygen atoms in total. The molecule has 0 saturated carbocycles. The highest BCUT2D eigenvalue weighted by molar-refractivity contribution is 5.83. The summed E-state index contributed by atoms with van der Waals surface area (Å²) in [7, 11) is 3.89. The van der Waals surface area contributed by atoms with Crippen LogP contribution in [0.1, 0.15) is 18.1 Å². The molecule has 4 aromatic carbocycles. The molecule has 0 unspecified atom stereocenters. The molecule has 0 N–H and O–H groups in total. The molecule has 0 saturated heterocycles. The Bertz CT molecular complexity index is 1230. The van der Waals surface area contributed by atoms with E-state index in [0.717, 1.165) is 46.0 Å². The lowest BCUT2D eigenvalue weighted by molar-refractivity contribution is 1.02. The van der Waals surface area contributed by atoms with Crippen LogP contribution in [0.25, 0.3) is 0 Å². The molecule has 0 aliphatic rings. The zero-order valence-corrected chi connectivity index (χ0v) is 21.7. The molecule has 37 heavy (non-hydrogen) atoms. The Hall–Kier alpha value is -4.64. The molecule has 0 aromatic heterocycles. The second kappa shape index (κ2) is 12.4. The summed E-state index contributed by atoms with van der Waals surface area (Å²) in [5, 5.41) is 12.9. The van der Waals surface area contributed by atoms with Gasteiger partial charge >= 0.3 is 0 Å². The lowest BCUT2D eigenvalue weighted by Crippen LogP contribution is -2.19. The molecule has 0 amide bonds. The SMILES string of the molecule is C=C(C)CN(c1ccc(/C=N/N(C)c2ccccc2)cc1)c1ccc(/C=N/N(C)c2ccccc2)cc1. The van der Waals surface area contributed by atoms with E-state index in [1.54, 1.807) is 0 Å². The van der Waals surface area contributed by atoms with Crippen molar-refractivity contribution in [3.8, 4) is 0 Å². The fraction of sp³-hybridized carbons (Fsp3) is 0.125. The van der Waals surface area contributed by atoms with E-state index in [2.05, 4.69) is 70.2 Å². The van der Waals surface area contributed by atoms with Crippen LogP contribution in [-0.2, 0) is 0 Å². The van der Waals surface area contributed by atoms with Crippen LogP contribution >= 0.6 is 0 Å². The first-order chi connectivity index (χ1) is 18.0. The van der Waals surface area contributed by atoms with Gasteiger partial charge in [-0.2, -0.15) is 10.2 Å². The number of hydrogen-bond acceptors (Lipinski definition) is 5. The van der Waals surface area contributed by atoms with Crippen molar-refractivity contribution < 1.29 is 0 Å². The average molecular weight is 488 g/mol. The number of rotatable bonds is 10. The van der Waals surface area contributed by atoms with Gasteiger partial charge in [0.1, 0.15) is 0 Å². The van der Waals surface area contributed by atoms with Gasteiger partial charge in [-0.1, -0.05) is 72.8 Å². The molecule has 0 spiro atoms. The fourth-order valence-electron chi connectivity index (χ4n) is 3.81. The van der Waals surface area contributed by atoms with E-state index in [4.69, 9.17) is 0 Å². The Kier molecular flexibility index (Phi) is 8.50. The van der Waals surface area contributed by atoms with E-state index in [9.17, 15) is 0 Å². The lowest BCUT2D eigenvalue weighted by atomic mass is 10.1. The van der Waals surface area contributed by atoms with Crippen molar-refractivity contribution in [1.82, 2.24) is 0 Å². The summed E-state index contributed by atoms with van der Waals surface area (Å²) in [6.07, 6.45) is 3.75. The molecule has 0 fully saturated rings. The molecule has 0 aliphatic heterocycles. The molecule has 0 bridgehead atoms. The van der Waals surface area contributed by atoms with Gasteiger partial charge in [-0.3, -0.25) is 10.0 Å². The summed E-state index contributed by atoms with van der Waals surface area (Å²) in [5.74, 6) is 0. The van der Waals surface area contributed by atoms with Crippen molar-refractivity contribution in [2.24, 2.45) is 10.2 Å². The third-order valence-electron chi connectivity index (χ3n) is 5.86. The predicted molar refractivity (Wildman–Crippen MR) is 160 cm³/mol. The Morgan fingerprint density at radius 2 is 0.973 bits per heavy atom. The van der Waals surface area contributed by atoms with Crippen molar-refractivity contribution in [3.05, 3.63) is 132 Å². The van der Waals surface area contributed by atoms with Crippen molar-refractivity contribution >= 4 is 35.2 Å². The third-order valence-corrected chi connectivity index (χ3v) is 5.86. The number of nitrogens with zero attached hydrogens (tertiary/aromatic N) is 5. The van der Waals surface area contributed by atoms with Gasteiger partial charge in [0.05, 0.1) is 23.8 Å². The van der Waals surface area contributed by atoms with E-state index in [0.29, 0.717) is 0 Å². The zero-order chi connectivity index (χ0) is 26.0. The Labute approximate surface area is 220 Å². The summed E-state index contributed by atoms with van der Waals surface area (Å²) < 4.78 is 0. The van der Waals surface area contributed by atoms with Crippen LogP contribution in [0.3, 0.4) is 0 Å². The summed E-state index contributed by atoms with van der Waals surface area (Å²) >= 11 is 0. The first kappa shape index (κ1) is 25.5. The molecule has 0 aliphatic carbocycles. The molecule has 4 aromatic rings. The molecule has 0 atom stereocenters.